The summed E-state index contributed by atoms with van der Waals surface area (Å²) in [6.07, 6.45) is 3.68. The largest absolute Gasteiger partial charge is 0.507 e. The molecule has 1 aromatic carbocycles. The Morgan fingerprint density at radius 2 is 2.14 bits per heavy atom. The van der Waals surface area contributed by atoms with Crippen LogP contribution in [-0.4, -0.2) is 11.4 Å². The van der Waals surface area contributed by atoms with Crippen LogP contribution < -0.4 is 0 Å². The Hall–Kier alpha value is -1.31. The molecule has 0 saturated heterocycles. The predicted molar refractivity (Wildman–Crippen MR) is 56.8 cm³/mol. The highest BCUT2D eigenvalue weighted by atomic mass is 16.3. The molecule has 0 heterocycles. The van der Waals surface area contributed by atoms with Crippen molar-refractivity contribution in [3.8, 4) is 5.75 Å². The van der Waals surface area contributed by atoms with E-state index in [0.29, 0.717) is 5.56 Å². The molecule has 0 spiro atoms. The smallest absolute Gasteiger partial charge is 0.154 e. The molecule has 2 nitrogen and oxygen atoms in total. The maximum absolute atomic E-state index is 10.7. The van der Waals surface area contributed by atoms with Crippen LogP contribution in [0.1, 0.15) is 41.3 Å². The number of hydrogen-bond acceptors (Lipinski definition) is 2. The lowest BCUT2D eigenvalue weighted by Crippen LogP contribution is -1.93. The summed E-state index contributed by atoms with van der Waals surface area (Å²) in [5.74, 6) is 0.161. The predicted octanol–water partition coefficient (Wildman–Crippen LogP) is 2.86. The van der Waals surface area contributed by atoms with Crippen molar-refractivity contribution in [1.82, 2.24) is 0 Å². The zero-order chi connectivity index (χ0) is 10.6. The topological polar surface area (TPSA) is 37.3 Å². The first-order chi connectivity index (χ1) is 6.70. The minimum Gasteiger partial charge on any atom is -0.507 e. The van der Waals surface area contributed by atoms with Gasteiger partial charge in [-0.15, -0.1) is 0 Å². The van der Waals surface area contributed by atoms with Crippen molar-refractivity contribution < 1.29 is 9.90 Å². The summed E-state index contributed by atoms with van der Waals surface area (Å²) in [6, 6.07) is 3.78. The van der Waals surface area contributed by atoms with Crippen LogP contribution in [-0.2, 0) is 6.42 Å². The molecule has 0 aromatic heterocycles. The molecule has 76 valence electrons. The van der Waals surface area contributed by atoms with Gasteiger partial charge in [0.05, 0.1) is 5.56 Å². The molecular weight excluding hydrogens is 176 g/mol. The number of phenolic OH excluding ortho intramolecular Hbond substituents is 1. The molecule has 14 heavy (non-hydrogen) atoms. The normalized spacial score (nSPS) is 10.1. The second kappa shape index (κ2) is 4.80. The highest BCUT2D eigenvalue weighted by Gasteiger charge is 2.08. The van der Waals surface area contributed by atoms with Gasteiger partial charge in [0.15, 0.2) is 6.29 Å². The highest BCUT2D eigenvalue weighted by molar-refractivity contribution is 5.82. The molecule has 0 amide bonds. The van der Waals surface area contributed by atoms with Gasteiger partial charge in [0.1, 0.15) is 5.75 Å². The molecule has 1 aromatic rings. The maximum atomic E-state index is 10.7. The Bertz CT molecular complexity index is 329. The van der Waals surface area contributed by atoms with E-state index >= 15 is 0 Å². The van der Waals surface area contributed by atoms with Gasteiger partial charge in [0.2, 0.25) is 0 Å². The molecule has 0 aliphatic carbocycles. The summed E-state index contributed by atoms with van der Waals surface area (Å²) in [4.78, 5) is 10.7. The monoisotopic (exact) mass is 192 g/mol. The molecule has 1 N–H and O–H groups in total. The van der Waals surface area contributed by atoms with Crippen molar-refractivity contribution >= 4 is 6.29 Å². The van der Waals surface area contributed by atoms with E-state index in [1.165, 1.54) is 0 Å². The van der Waals surface area contributed by atoms with Crippen LogP contribution in [0, 0.1) is 6.92 Å². The number of benzene rings is 1. The third-order valence-corrected chi connectivity index (χ3v) is 2.44. The van der Waals surface area contributed by atoms with Crippen LogP contribution in [0.25, 0.3) is 0 Å². The Kier molecular flexibility index (Phi) is 3.69. The van der Waals surface area contributed by atoms with E-state index in [4.69, 9.17) is 0 Å². The second-order valence-corrected chi connectivity index (χ2v) is 3.53. The van der Waals surface area contributed by atoms with Crippen LogP contribution in [0.5, 0.6) is 5.75 Å². The van der Waals surface area contributed by atoms with Crippen molar-refractivity contribution in [2.75, 3.05) is 0 Å². The number of hydrogen-bond donors (Lipinski definition) is 1. The first-order valence-electron chi connectivity index (χ1n) is 4.97. The number of carbonyl (C=O) groups is 1. The molecule has 2 heteroatoms. The number of aldehydes is 1. The number of carbonyl (C=O) groups excluding carboxylic acids is 1. The standard InChI is InChI=1S/C12H16O2/c1-3-4-5-10-7-6-9(2)11(8-13)12(10)14/h6-8,14H,3-5H2,1-2H3. The van der Waals surface area contributed by atoms with Crippen molar-refractivity contribution in [1.29, 1.82) is 0 Å². The van der Waals surface area contributed by atoms with E-state index < -0.39 is 0 Å². The molecule has 0 aliphatic rings. The Morgan fingerprint density at radius 3 is 2.71 bits per heavy atom. The SMILES string of the molecule is CCCCc1ccc(C)c(C=O)c1O. The van der Waals surface area contributed by atoms with E-state index in [-0.39, 0.29) is 5.75 Å². The number of phenols is 1. The van der Waals surface area contributed by atoms with Crippen LogP contribution >= 0.6 is 0 Å². The van der Waals surface area contributed by atoms with E-state index in [0.717, 1.165) is 36.7 Å². The Balaban J connectivity index is 3.02. The second-order valence-electron chi connectivity index (χ2n) is 3.53. The fourth-order valence-electron chi connectivity index (χ4n) is 1.47. The number of rotatable bonds is 4. The van der Waals surface area contributed by atoms with Crippen molar-refractivity contribution in [2.45, 2.75) is 33.1 Å². The van der Waals surface area contributed by atoms with E-state index in [2.05, 4.69) is 6.92 Å². The first kappa shape index (κ1) is 10.8. The Labute approximate surface area is 84.6 Å². The lowest BCUT2D eigenvalue weighted by molar-refractivity contribution is 0.112. The molecule has 1 rings (SSSR count). The van der Waals surface area contributed by atoms with Crippen molar-refractivity contribution in [3.63, 3.8) is 0 Å². The van der Waals surface area contributed by atoms with Gasteiger partial charge in [-0.1, -0.05) is 25.5 Å². The van der Waals surface area contributed by atoms with Gasteiger partial charge in [-0.25, -0.2) is 0 Å². The summed E-state index contributed by atoms with van der Waals surface area (Å²) >= 11 is 0. The van der Waals surface area contributed by atoms with Crippen molar-refractivity contribution in [2.24, 2.45) is 0 Å². The Morgan fingerprint density at radius 1 is 1.43 bits per heavy atom. The number of aromatic hydroxyl groups is 1. The summed E-state index contributed by atoms with van der Waals surface area (Å²) in [6.45, 7) is 3.93. The van der Waals surface area contributed by atoms with Crippen LogP contribution in [0.4, 0.5) is 0 Å². The minimum absolute atomic E-state index is 0.161. The summed E-state index contributed by atoms with van der Waals surface area (Å²) in [7, 11) is 0. The zero-order valence-electron chi connectivity index (χ0n) is 8.71. The first-order valence-corrected chi connectivity index (χ1v) is 4.97. The fourth-order valence-corrected chi connectivity index (χ4v) is 1.47. The van der Waals surface area contributed by atoms with Crippen LogP contribution in [0.2, 0.25) is 0 Å². The summed E-state index contributed by atoms with van der Waals surface area (Å²) < 4.78 is 0. The zero-order valence-corrected chi connectivity index (χ0v) is 8.71. The van der Waals surface area contributed by atoms with Gasteiger partial charge < -0.3 is 5.11 Å². The van der Waals surface area contributed by atoms with Gasteiger partial charge in [0.25, 0.3) is 0 Å². The highest BCUT2D eigenvalue weighted by Crippen LogP contribution is 2.25. The molecule has 0 unspecified atom stereocenters. The molecule has 0 aliphatic heterocycles. The van der Waals surface area contributed by atoms with Crippen molar-refractivity contribution in [3.05, 3.63) is 28.8 Å². The molecular formula is C12H16O2. The van der Waals surface area contributed by atoms with Gasteiger partial charge in [-0.3, -0.25) is 4.79 Å². The average Bonchev–Trinajstić information content (AvgIpc) is 2.18. The van der Waals surface area contributed by atoms with E-state index in [9.17, 15) is 9.90 Å². The third kappa shape index (κ3) is 2.13. The van der Waals surface area contributed by atoms with Gasteiger partial charge in [-0.05, 0) is 30.9 Å². The molecule has 0 radical (unpaired) electrons. The lowest BCUT2D eigenvalue weighted by atomic mass is 10.0. The molecule has 0 saturated carbocycles. The minimum atomic E-state index is 0.161. The third-order valence-electron chi connectivity index (χ3n) is 2.44. The number of aryl methyl sites for hydroxylation is 2. The van der Waals surface area contributed by atoms with Crippen LogP contribution in [0.15, 0.2) is 12.1 Å². The quantitative estimate of drug-likeness (QED) is 0.745. The van der Waals surface area contributed by atoms with Crippen LogP contribution in [0.3, 0.4) is 0 Å². The number of unbranched alkanes of at least 4 members (excludes halogenated alkanes) is 1. The van der Waals surface area contributed by atoms with Gasteiger partial charge >= 0.3 is 0 Å². The van der Waals surface area contributed by atoms with Gasteiger partial charge in [-0.2, -0.15) is 0 Å². The average molecular weight is 192 g/mol. The summed E-state index contributed by atoms with van der Waals surface area (Å²) in [5, 5.41) is 9.77. The summed E-state index contributed by atoms with van der Waals surface area (Å²) in [5.41, 5.74) is 2.14. The van der Waals surface area contributed by atoms with E-state index in [1.807, 2.05) is 19.1 Å². The molecule has 0 fully saturated rings. The van der Waals surface area contributed by atoms with Gasteiger partial charge in [0, 0.05) is 0 Å². The fraction of sp³-hybridized carbons (Fsp3) is 0.417. The molecule has 0 atom stereocenters. The maximum Gasteiger partial charge on any atom is 0.154 e. The lowest BCUT2D eigenvalue weighted by Gasteiger charge is -2.07. The molecule has 0 bridgehead atoms. The van der Waals surface area contributed by atoms with E-state index in [1.54, 1.807) is 0 Å².